The number of carbonyl (C=O) groups is 3. The predicted octanol–water partition coefficient (Wildman–Crippen LogP) is 2.34. The Labute approximate surface area is 144 Å². The van der Waals surface area contributed by atoms with Crippen molar-refractivity contribution in [2.24, 2.45) is 0 Å². The molecule has 7 heteroatoms. The van der Waals surface area contributed by atoms with Crippen LogP contribution >= 0.6 is 0 Å². The molecular weight excluding hydrogens is 324 g/mol. The molecule has 0 atom stereocenters. The van der Waals surface area contributed by atoms with E-state index in [1.165, 1.54) is 13.2 Å². The standard InChI is InChI=1S/C18H18N2O5/c1-24-17(22)14-8-5-9-15(10-14)20-16(21)11-19-18(23)25-12-13-6-3-2-4-7-13/h2-10H,11-12H2,1H3,(H,19,23)(H,20,21). The Morgan fingerprint density at radius 2 is 1.76 bits per heavy atom. The molecule has 0 saturated heterocycles. The predicted molar refractivity (Wildman–Crippen MR) is 91.0 cm³/mol. The monoisotopic (exact) mass is 342 g/mol. The number of nitrogens with one attached hydrogen (secondary N) is 2. The van der Waals surface area contributed by atoms with Gasteiger partial charge < -0.3 is 20.1 Å². The SMILES string of the molecule is COC(=O)c1cccc(NC(=O)CNC(=O)OCc2ccccc2)c1. The van der Waals surface area contributed by atoms with Crippen LogP contribution in [0.3, 0.4) is 0 Å². The molecule has 0 fully saturated rings. The fraction of sp³-hybridized carbons (Fsp3) is 0.167. The first-order valence-corrected chi connectivity index (χ1v) is 7.51. The topological polar surface area (TPSA) is 93.7 Å². The molecule has 2 aromatic carbocycles. The highest BCUT2D eigenvalue weighted by Gasteiger charge is 2.09. The van der Waals surface area contributed by atoms with Crippen molar-refractivity contribution < 1.29 is 23.9 Å². The highest BCUT2D eigenvalue weighted by atomic mass is 16.5. The van der Waals surface area contributed by atoms with Crippen molar-refractivity contribution in [2.75, 3.05) is 19.0 Å². The van der Waals surface area contributed by atoms with E-state index in [2.05, 4.69) is 15.4 Å². The molecule has 130 valence electrons. The van der Waals surface area contributed by atoms with E-state index >= 15 is 0 Å². The van der Waals surface area contributed by atoms with Crippen LogP contribution in [-0.4, -0.2) is 31.6 Å². The number of rotatable bonds is 6. The molecule has 0 saturated carbocycles. The van der Waals surface area contributed by atoms with Crippen molar-refractivity contribution in [3.05, 3.63) is 65.7 Å². The molecule has 0 unspecified atom stereocenters. The first-order valence-electron chi connectivity index (χ1n) is 7.51. The van der Waals surface area contributed by atoms with Crippen molar-refractivity contribution in [1.29, 1.82) is 0 Å². The van der Waals surface area contributed by atoms with Crippen molar-refractivity contribution >= 4 is 23.7 Å². The maximum absolute atomic E-state index is 11.8. The maximum Gasteiger partial charge on any atom is 0.407 e. The second-order valence-electron chi connectivity index (χ2n) is 5.04. The number of esters is 1. The van der Waals surface area contributed by atoms with E-state index in [9.17, 15) is 14.4 Å². The number of anilines is 1. The van der Waals surface area contributed by atoms with Gasteiger partial charge in [0, 0.05) is 5.69 Å². The Morgan fingerprint density at radius 1 is 1.00 bits per heavy atom. The van der Waals surface area contributed by atoms with E-state index in [4.69, 9.17) is 4.74 Å². The molecule has 0 spiro atoms. The van der Waals surface area contributed by atoms with Crippen LogP contribution in [0.25, 0.3) is 0 Å². The van der Waals surface area contributed by atoms with Crippen molar-refractivity contribution in [3.8, 4) is 0 Å². The lowest BCUT2D eigenvalue weighted by molar-refractivity contribution is -0.115. The molecule has 0 aliphatic carbocycles. The summed E-state index contributed by atoms with van der Waals surface area (Å²) in [5.74, 6) is -0.947. The fourth-order valence-electron chi connectivity index (χ4n) is 1.97. The lowest BCUT2D eigenvalue weighted by Crippen LogP contribution is -2.33. The quantitative estimate of drug-likeness (QED) is 0.786. The second-order valence-corrected chi connectivity index (χ2v) is 5.04. The summed E-state index contributed by atoms with van der Waals surface area (Å²) in [4.78, 5) is 34.9. The van der Waals surface area contributed by atoms with Gasteiger partial charge in [-0.25, -0.2) is 9.59 Å². The van der Waals surface area contributed by atoms with E-state index in [1.54, 1.807) is 18.2 Å². The molecule has 0 aliphatic rings. The average molecular weight is 342 g/mol. The summed E-state index contributed by atoms with van der Waals surface area (Å²) in [5.41, 5.74) is 1.59. The van der Waals surface area contributed by atoms with Crippen LogP contribution in [0, 0.1) is 0 Å². The number of hydrogen-bond acceptors (Lipinski definition) is 5. The van der Waals surface area contributed by atoms with Crippen LogP contribution in [0.4, 0.5) is 10.5 Å². The van der Waals surface area contributed by atoms with Gasteiger partial charge in [-0.05, 0) is 23.8 Å². The van der Waals surface area contributed by atoms with E-state index in [0.29, 0.717) is 11.3 Å². The molecule has 2 N–H and O–H groups in total. The van der Waals surface area contributed by atoms with Crippen LogP contribution in [-0.2, 0) is 20.9 Å². The van der Waals surface area contributed by atoms with E-state index < -0.39 is 18.0 Å². The third kappa shape index (κ3) is 5.98. The largest absolute Gasteiger partial charge is 0.465 e. The van der Waals surface area contributed by atoms with Gasteiger partial charge in [0.2, 0.25) is 5.91 Å². The van der Waals surface area contributed by atoms with Crippen molar-refractivity contribution in [1.82, 2.24) is 5.32 Å². The number of ether oxygens (including phenoxy) is 2. The lowest BCUT2D eigenvalue weighted by Gasteiger charge is -2.09. The normalized spacial score (nSPS) is 9.80. The van der Waals surface area contributed by atoms with Crippen LogP contribution < -0.4 is 10.6 Å². The average Bonchev–Trinajstić information content (AvgIpc) is 2.65. The van der Waals surface area contributed by atoms with Gasteiger partial charge in [-0.3, -0.25) is 4.79 Å². The van der Waals surface area contributed by atoms with Gasteiger partial charge in [0.15, 0.2) is 0 Å². The van der Waals surface area contributed by atoms with Crippen LogP contribution in [0.1, 0.15) is 15.9 Å². The molecule has 7 nitrogen and oxygen atoms in total. The van der Waals surface area contributed by atoms with Gasteiger partial charge in [0.05, 0.1) is 12.7 Å². The number of benzene rings is 2. The Bertz CT molecular complexity index is 746. The van der Waals surface area contributed by atoms with Gasteiger partial charge in [0.25, 0.3) is 0 Å². The molecule has 0 aromatic heterocycles. The third-order valence-corrected chi connectivity index (χ3v) is 3.17. The first kappa shape index (κ1) is 18.0. The molecule has 0 heterocycles. The molecule has 2 amide bonds. The first-order chi connectivity index (χ1) is 12.1. The summed E-state index contributed by atoms with van der Waals surface area (Å²) in [6.07, 6.45) is -0.692. The summed E-state index contributed by atoms with van der Waals surface area (Å²) in [6, 6.07) is 15.5. The Kier molecular flexibility index (Phi) is 6.53. The van der Waals surface area contributed by atoms with E-state index in [0.717, 1.165) is 5.56 Å². The van der Waals surface area contributed by atoms with Gasteiger partial charge >= 0.3 is 12.1 Å². The summed E-state index contributed by atoms with van der Waals surface area (Å²) >= 11 is 0. The number of alkyl carbamates (subject to hydrolysis) is 1. The lowest BCUT2D eigenvalue weighted by atomic mass is 10.2. The number of hydrogen-bond donors (Lipinski definition) is 2. The van der Waals surface area contributed by atoms with Gasteiger partial charge in [-0.1, -0.05) is 36.4 Å². The Hall–Kier alpha value is -3.35. The minimum absolute atomic E-state index is 0.121. The molecule has 2 rings (SSSR count). The van der Waals surface area contributed by atoms with Crippen molar-refractivity contribution in [2.45, 2.75) is 6.61 Å². The minimum atomic E-state index is -0.692. The Morgan fingerprint density at radius 3 is 2.48 bits per heavy atom. The highest BCUT2D eigenvalue weighted by Crippen LogP contribution is 2.11. The van der Waals surface area contributed by atoms with Crippen LogP contribution in [0.15, 0.2) is 54.6 Å². The van der Waals surface area contributed by atoms with Crippen LogP contribution in [0.5, 0.6) is 0 Å². The van der Waals surface area contributed by atoms with E-state index in [1.807, 2.05) is 30.3 Å². The van der Waals surface area contributed by atoms with Crippen LogP contribution in [0.2, 0.25) is 0 Å². The van der Waals surface area contributed by atoms with Gasteiger partial charge in [-0.2, -0.15) is 0 Å². The van der Waals surface area contributed by atoms with Gasteiger partial charge in [-0.15, -0.1) is 0 Å². The zero-order valence-electron chi connectivity index (χ0n) is 13.7. The second kappa shape index (κ2) is 9.07. The van der Waals surface area contributed by atoms with Gasteiger partial charge in [0.1, 0.15) is 13.2 Å². The number of carbonyl (C=O) groups excluding carboxylic acids is 3. The van der Waals surface area contributed by atoms with Crippen molar-refractivity contribution in [3.63, 3.8) is 0 Å². The molecule has 0 aliphatic heterocycles. The summed E-state index contributed by atoms with van der Waals surface area (Å²) in [7, 11) is 1.28. The molecular formula is C18H18N2O5. The smallest absolute Gasteiger partial charge is 0.407 e. The molecule has 0 radical (unpaired) electrons. The maximum atomic E-state index is 11.8. The zero-order chi connectivity index (χ0) is 18.1. The molecule has 0 bridgehead atoms. The summed E-state index contributed by atoms with van der Waals surface area (Å²) in [6.45, 7) is -0.133. The molecule has 25 heavy (non-hydrogen) atoms. The summed E-state index contributed by atoms with van der Waals surface area (Å²) < 4.78 is 9.62. The number of methoxy groups -OCH3 is 1. The Balaban J connectivity index is 1.76. The van der Waals surface area contributed by atoms with E-state index in [-0.39, 0.29) is 13.2 Å². The highest BCUT2D eigenvalue weighted by molar-refractivity contribution is 5.96. The minimum Gasteiger partial charge on any atom is -0.465 e. The molecule has 2 aromatic rings. The number of amides is 2. The zero-order valence-corrected chi connectivity index (χ0v) is 13.7. The fourth-order valence-corrected chi connectivity index (χ4v) is 1.97. The third-order valence-electron chi connectivity index (χ3n) is 3.17. The summed E-state index contributed by atoms with van der Waals surface area (Å²) in [5, 5.41) is 4.93.